The van der Waals surface area contributed by atoms with E-state index in [0.29, 0.717) is 25.8 Å². The van der Waals surface area contributed by atoms with Crippen LogP contribution in [0.25, 0.3) is 11.1 Å². The molecule has 0 spiro atoms. The van der Waals surface area contributed by atoms with Gasteiger partial charge in [0, 0.05) is 18.5 Å². The number of benzene rings is 2. The van der Waals surface area contributed by atoms with Crippen LogP contribution in [0.4, 0.5) is 4.79 Å². The van der Waals surface area contributed by atoms with Crippen molar-refractivity contribution < 1.29 is 24.2 Å². The number of ether oxygens (including phenoxy) is 1. The van der Waals surface area contributed by atoms with Gasteiger partial charge in [0.1, 0.15) is 12.6 Å². The van der Waals surface area contributed by atoms with Gasteiger partial charge >= 0.3 is 12.1 Å². The van der Waals surface area contributed by atoms with Crippen LogP contribution in [-0.4, -0.2) is 53.2 Å². The van der Waals surface area contributed by atoms with Gasteiger partial charge in [-0.1, -0.05) is 68.8 Å². The summed E-state index contributed by atoms with van der Waals surface area (Å²) in [6.45, 7) is 6.31. The fourth-order valence-corrected chi connectivity index (χ4v) is 5.41. The molecule has 2 aliphatic rings. The zero-order valence-corrected chi connectivity index (χ0v) is 20.6. The first-order valence-electron chi connectivity index (χ1n) is 12.5. The van der Waals surface area contributed by atoms with E-state index < -0.39 is 30.1 Å². The minimum absolute atomic E-state index is 0.0654. The number of likely N-dealkylation sites (tertiary alicyclic amines) is 1. The van der Waals surface area contributed by atoms with E-state index in [1.165, 1.54) is 0 Å². The van der Waals surface area contributed by atoms with Gasteiger partial charge in [-0.2, -0.15) is 0 Å². The number of carboxylic acids is 1. The molecule has 4 rings (SSSR count). The van der Waals surface area contributed by atoms with Crippen molar-refractivity contribution >= 4 is 18.0 Å². The number of amides is 2. The summed E-state index contributed by atoms with van der Waals surface area (Å²) in [4.78, 5) is 39.6. The Labute approximate surface area is 206 Å². The van der Waals surface area contributed by atoms with Crippen LogP contribution in [0, 0.1) is 11.8 Å². The molecule has 0 saturated carbocycles. The Morgan fingerprint density at radius 3 is 2.26 bits per heavy atom. The molecular weight excluding hydrogens is 444 g/mol. The number of nitrogens with zero attached hydrogens (tertiary/aromatic N) is 1. The summed E-state index contributed by atoms with van der Waals surface area (Å²) in [6, 6.07) is 15.1. The Morgan fingerprint density at radius 1 is 1.09 bits per heavy atom. The number of fused-ring (bicyclic) bond motifs is 3. The molecule has 1 aliphatic carbocycles. The molecular formula is C28H34N2O5. The van der Waals surface area contributed by atoms with E-state index in [4.69, 9.17) is 4.74 Å². The van der Waals surface area contributed by atoms with Crippen molar-refractivity contribution in [3.63, 3.8) is 0 Å². The SMILES string of the molecule is CC[C@H](C)[C@H](NC(=O)OCC1c2ccccc2-c2ccccc21)C(=O)N1CCC[C@H](C(=O)O)[C@@H]1C. The normalized spacial score (nSPS) is 20.9. The summed E-state index contributed by atoms with van der Waals surface area (Å²) < 4.78 is 5.67. The number of rotatable bonds is 7. The van der Waals surface area contributed by atoms with E-state index in [-0.39, 0.29) is 24.3 Å². The minimum Gasteiger partial charge on any atom is -0.481 e. The second-order valence-electron chi connectivity index (χ2n) is 9.69. The predicted molar refractivity (Wildman–Crippen MR) is 133 cm³/mol. The van der Waals surface area contributed by atoms with Crippen molar-refractivity contribution in [2.45, 2.75) is 58.0 Å². The van der Waals surface area contributed by atoms with Crippen molar-refractivity contribution in [3.8, 4) is 11.1 Å². The van der Waals surface area contributed by atoms with Crippen LogP contribution in [0.2, 0.25) is 0 Å². The molecule has 0 radical (unpaired) electrons. The second-order valence-corrected chi connectivity index (χ2v) is 9.69. The molecule has 0 bridgehead atoms. The molecule has 7 nitrogen and oxygen atoms in total. The van der Waals surface area contributed by atoms with Gasteiger partial charge in [0.15, 0.2) is 0 Å². The van der Waals surface area contributed by atoms with E-state index in [1.54, 1.807) is 11.8 Å². The standard InChI is InChI=1S/C28H34N2O5/c1-4-17(2)25(26(31)30-15-9-14-19(18(30)3)27(32)33)29-28(34)35-16-24-22-12-7-5-10-20(22)21-11-6-8-13-23(21)24/h5-8,10-13,17-19,24-25H,4,9,14-16H2,1-3H3,(H,29,34)(H,32,33)/t17-,18-,19-,25-/m0/s1. The lowest BCUT2D eigenvalue weighted by atomic mass is 9.88. The van der Waals surface area contributed by atoms with Crippen LogP contribution in [0.5, 0.6) is 0 Å². The summed E-state index contributed by atoms with van der Waals surface area (Å²) in [7, 11) is 0. The first kappa shape index (κ1) is 24.8. The van der Waals surface area contributed by atoms with Crippen molar-refractivity contribution in [2.75, 3.05) is 13.2 Å². The maximum absolute atomic E-state index is 13.5. The molecule has 7 heteroatoms. The predicted octanol–water partition coefficient (Wildman–Crippen LogP) is 4.65. The Kier molecular flexibility index (Phi) is 7.43. The van der Waals surface area contributed by atoms with Crippen molar-refractivity contribution in [2.24, 2.45) is 11.8 Å². The molecule has 1 saturated heterocycles. The highest BCUT2D eigenvalue weighted by Crippen LogP contribution is 2.44. The molecule has 1 heterocycles. The second kappa shape index (κ2) is 10.5. The van der Waals surface area contributed by atoms with Gasteiger partial charge in [-0.3, -0.25) is 9.59 Å². The van der Waals surface area contributed by atoms with Gasteiger partial charge in [0.25, 0.3) is 0 Å². The molecule has 2 aromatic rings. The molecule has 1 fully saturated rings. The lowest BCUT2D eigenvalue weighted by Crippen LogP contribution is -2.57. The summed E-state index contributed by atoms with van der Waals surface area (Å²) in [5.74, 6) is -1.92. The number of alkyl carbamates (subject to hydrolysis) is 1. The third-order valence-electron chi connectivity index (χ3n) is 7.68. The summed E-state index contributed by atoms with van der Waals surface area (Å²) >= 11 is 0. The van der Waals surface area contributed by atoms with Gasteiger partial charge in [-0.15, -0.1) is 0 Å². The van der Waals surface area contributed by atoms with Gasteiger partial charge in [0.2, 0.25) is 5.91 Å². The van der Waals surface area contributed by atoms with Gasteiger partial charge in [-0.25, -0.2) is 4.79 Å². The fourth-order valence-electron chi connectivity index (χ4n) is 5.41. The molecule has 35 heavy (non-hydrogen) atoms. The molecule has 0 aromatic heterocycles. The fraction of sp³-hybridized carbons (Fsp3) is 0.464. The van der Waals surface area contributed by atoms with E-state index in [1.807, 2.05) is 38.1 Å². The Bertz CT molecular complexity index is 1050. The highest BCUT2D eigenvalue weighted by Gasteiger charge is 2.39. The summed E-state index contributed by atoms with van der Waals surface area (Å²) in [5, 5.41) is 12.3. The Morgan fingerprint density at radius 2 is 1.69 bits per heavy atom. The number of carbonyl (C=O) groups is 3. The van der Waals surface area contributed by atoms with Crippen LogP contribution >= 0.6 is 0 Å². The number of nitrogens with one attached hydrogen (secondary N) is 1. The molecule has 2 aromatic carbocycles. The Balaban J connectivity index is 1.45. The molecule has 4 atom stereocenters. The van der Waals surface area contributed by atoms with E-state index in [9.17, 15) is 19.5 Å². The number of hydrogen-bond acceptors (Lipinski definition) is 4. The van der Waals surface area contributed by atoms with Crippen molar-refractivity contribution in [1.82, 2.24) is 10.2 Å². The van der Waals surface area contributed by atoms with E-state index >= 15 is 0 Å². The zero-order chi connectivity index (χ0) is 25.1. The summed E-state index contributed by atoms with van der Waals surface area (Å²) in [5.41, 5.74) is 4.55. The number of piperidine rings is 1. The number of carboxylic acid groups (broad SMARTS) is 1. The maximum atomic E-state index is 13.5. The number of carbonyl (C=O) groups excluding carboxylic acids is 2. The molecule has 2 N–H and O–H groups in total. The number of hydrogen-bond donors (Lipinski definition) is 2. The topological polar surface area (TPSA) is 95.9 Å². The summed E-state index contributed by atoms with van der Waals surface area (Å²) in [6.07, 6.45) is 1.23. The first-order chi connectivity index (χ1) is 16.8. The van der Waals surface area contributed by atoms with Crippen molar-refractivity contribution in [3.05, 3.63) is 59.7 Å². The molecule has 2 amide bonds. The molecule has 0 unspecified atom stereocenters. The molecule has 186 valence electrons. The zero-order valence-electron chi connectivity index (χ0n) is 20.6. The third kappa shape index (κ3) is 4.90. The van der Waals surface area contributed by atoms with Crippen LogP contribution in [-0.2, 0) is 14.3 Å². The lowest BCUT2D eigenvalue weighted by molar-refractivity contribution is -0.150. The monoisotopic (exact) mass is 478 g/mol. The van der Waals surface area contributed by atoms with E-state index in [2.05, 4.69) is 29.6 Å². The Hall–Kier alpha value is -3.35. The van der Waals surface area contributed by atoms with Crippen molar-refractivity contribution in [1.29, 1.82) is 0 Å². The smallest absolute Gasteiger partial charge is 0.407 e. The third-order valence-corrected chi connectivity index (χ3v) is 7.68. The van der Waals surface area contributed by atoms with Gasteiger partial charge in [-0.05, 0) is 47.9 Å². The van der Waals surface area contributed by atoms with Crippen LogP contribution in [0.1, 0.15) is 57.1 Å². The highest BCUT2D eigenvalue weighted by molar-refractivity contribution is 5.87. The van der Waals surface area contributed by atoms with Crippen LogP contribution in [0.15, 0.2) is 48.5 Å². The largest absolute Gasteiger partial charge is 0.481 e. The molecule has 1 aliphatic heterocycles. The quantitative estimate of drug-likeness (QED) is 0.604. The minimum atomic E-state index is -0.889. The highest BCUT2D eigenvalue weighted by atomic mass is 16.5. The number of aliphatic carboxylic acids is 1. The van der Waals surface area contributed by atoms with E-state index in [0.717, 1.165) is 22.3 Å². The van der Waals surface area contributed by atoms with Gasteiger partial charge < -0.3 is 20.1 Å². The maximum Gasteiger partial charge on any atom is 0.407 e. The first-order valence-corrected chi connectivity index (χ1v) is 12.5. The van der Waals surface area contributed by atoms with Gasteiger partial charge in [0.05, 0.1) is 5.92 Å². The lowest BCUT2D eigenvalue weighted by Gasteiger charge is -2.40. The van der Waals surface area contributed by atoms with Crippen LogP contribution in [0.3, 0.4) is 0 Å². The average molecular weight is 479 g/mol. The van der Waals surface area contributed by atoms with Crippen LogP contribution < -0.4 is 5.32 Å². The average Bonchev–Trinajstić information content (AvgIpc) is 3.19.